The number of amides is 1. The molecule has 0 unspecified atom stereocenters. The van der Waals surface area contributed by atoms with Crippen molar-refractivity contribution in [1.29, 1.82) is 0 Å². The maximum absolute atomic E-state index is 12.5. The molecule has 0 aliphatic heterocycles. The lowest BCUT2D eigenvalue weighted by molar-refractivity contribution is 0.0953. The van der Waals surface area contributed by atoms with E-state index in [1.807, 2.05) is 26.8 Å². The van der Waals surface area contributed by atoms with Gasteiger partial charge in [-0.15, -0.1) is 0 Å². The van der Waals surface area contributed by atoms with Crippen molar-refractivity contribution < 1.29 is 13.2 Å². The molecule has 2 rings (SSSR count). The third-order valence-corrected chi connectivity index (χ3v) is 5.07. The van der Waals surface area contributed by atoms with Gasteiger partial charge in [-0.25, -0.2) is 23.1 Å². The molecule has 0 spiro atoms. The standard InChI is InChI=1S/C18H24N4O3S/c1-4-5-9-19-18(23)15-7-6-8-16(11-15)26(24,25)20-12-17-21-13(2)10-14(3)22-17/h6-8,10-11,20H,4-5,9,12H2,1-3H3,(H,19,23). The lowest BCUT2D eigenvalue weighted by atomic mass is 10.2. The molecule has 0 fully saturated rings. The average molecular weight is 376 g/mol. The van der Waals surface area contributed by atoms with Crippen molar-refractivity contribution >= 4 is 15.9 Å². The van der Waals surface area contributed by atoms with Crippen molar-refractivity contribution in [1.82, 2.24) is 20.0 Å². The number of rotatable bonds is 8. The molecule has 26 heavy (non-hydrogen) atoms. The number of carbonyl (C=O) groups is 1. The summed E-state index contributed by atoms with van der Waals surface area (Å²) in [5, 5.41) is 2.77. The number of benzene rings is 1. The fourth-order valence-electron chi connectivity index (χ4n) is 2.41. The van der Waals surface area contributed by atoms with E-state index in [2.05, 4.69) is 20.0 Å². The summed E-state index contributed by atoms with van der Waals surface area (Å²) in [6.07, 6.45) is 1.85. The van der Waals surface area contributed by atoms with Crippen molar-refractivity contribution in [2.24, 2.45) is 0 Å². The molecule has 0 aliphatic carbocycles. The first kappa shape index (κ1) is 20.0. The summed E-state index contributed by atoms with van der Waals surface area (Å²) in [6, 6.07) is 7.78. The molecule has 2 N–H and O–H groups in total. The smallest absolute Gasteiger partial charge is 0.251 e. The molecule has 1 amide bonds. The van der Waals surface area contributed by atoms with Crippen molar-refractivity contribution in [3.8, 4) is 0 Å². The first-order chi connectivity index (χ1) is 12.3. The van der Waals surface area contributed by atoms with Crippen LogP contribution >= 0.6 is 0 Å². The Morgan fingerprint density at radius 1 is 1.12 bits per heavy atom. The van der Waals surface area contributed by atoms with Crippen molar-refractivity contribution in [3.05, 3.63) is 53.1 Å². The second kappa shape index (κ2) is 8.86. The number of unbranched alkanes of at least 4 members (excludes halogenated alkanes) is 1. The zero-order chi connectivity index (χ0) is 19.2. The number of sulfonamides is 1. The summed E-state index contributed by atoms with van der Waals surface area (Å²) in [5.74, 6) is 0.118. The van der Waals surface area contributed by atoms with Crippen molar-refractivity contribution in [2.75, 3.05) is 6.54 Å². The van der Waals surface area contributed by atoms with Gasteiger partial charge < -0.3 is 5.32 Å². The normalized spacial score (nSPS) is 11.3. The molecule has 1 heterocycles. The van der Waals surface area contributed by atoms with Gasteiger partial charge in [0.25, 0.3) is 5.91 Å². The van der Waals surface area contributed by atoms with Gasteiger partial charge >= 0.3 is 0 Å². The maximum atomic E-state index is 12.5. The lowest BCUT2D eigenvalue weighted by Crippen LogP contribution is -2.26. The molecule has 0 aliphatic rings. The minimum absolute atomic E-state index is 0.0161. The molecule has 0 bridgehead atoms. The molecular formula is C18H24N4O3S. The second-order valence-corrected chi connectivity index (χ2v) is 7.80. The van der Waals surface area contributed by atoms with Gasteiger partial charge in [-0.1, -0.05) is 19.4 Å². The summed E-state index contributed by atoms with van der Waals surface area (Å²) in [6.45, 7) is 6.23. The van der Waals surface area contributed by atoms with E-state index < -0.39 is 10.0 Å². The SMILES string of the molecule is CCCCNC(=O)c1cccc(S(=O)(=O)NCc2nc(C)cc(C)n2)c1. The van der Waals surface area contributed by atoms with E-state index in [0.717, 1.165) is 24.2 Å². The van der Waals surface area contributed by atoms with E-state index in [4.69, 9.17) is 0 Å². The van der Waals surface area contributed by atoms with Crippen molar-refractivity contribution in [3.63, 3.8) is 0 Å². The van der Waals surface area contributed by atoms with Crippen LogP contribution in [0.5, 0.6) is 0 Å². The van der Waals surface area contributed by atoms with Gasteiger partial charge in [-0.05, 0) is 44.5 Å². The molecular weight excluding hydrogens is 352 g/mol. The molecule has 7 nitrogen and oxygen atoms in total. The quantitative estimate of drug-likeness (QED) is 0.687. The highest BCUT2D eigenvalue weighted by atomic mass is 32.2. The number of hydrogen-bond donors (Lipinski definition) is 2. The van der Waals surface area contributed by atoms with Gasteiger partial charge in [0.1, 0.15) is 5.82 Å². The van der Waals surface area contributed by atoms with E-state index in [9.17, 15) is 13.2 Å². The summed E-state index contributed by atoms with van der Waals surface area (Å²) in [4.78, 5) is 20.6. The average Bonchev–Trinajstić information content (AvgIpc) is 2.59. The van der Waals surface area contributed by atoms with Crippen LogP contribution in [0.15, 0.2) is 35.2 Å². The highest BCUT2D eigenvalue weighted by molar-refractivity contribution is 7.89. The van der Waals surface area contributed by atoms with E-state index in [1.54, 1.807) is 12.1 Å². The number of carbonyl (C=O) groups excluding carboxylic acids is 1. The van der Waals surface area contributed by atoms with Crippen LogP contribution in [0.25, 0.3) is 0 Å². The van der Waals surface area contributed by atoms with Crippen LogP contribution in [0.3, 0.4) is 0 Å². The minimum atomic E-state index is -3.78. The van der Waals surface area contributed by atoms with E-state index in [1.165, 1.54) is 12.1 Å². The Hall–Kier alpha value is -2.32. The Bertz CT molecular complexity index is 862. The molecule has 8 heteroatoms. The predicted molar refractivity (Wildman–Crippen MR) is 99.2 cm³/mol. The number of hydrogen-bond acceptors (Lipinski definition) is 5. The Morgan fingerprint density at radius 3 is 2.46 bits per heavy atom. The Kier molecular flexibility index (Phi) is 6.82. The summed E-state index contributed by atoms with van der Waals surface area (Å²) in [5.41, 5.74) is 1.86. The fraction of sp³-hybridized carbons (Fsp3) is 0.389. The third kappa shape index (κ3) is 5.60. The first-order valence-electron chi connectivity index (χ1n) is 8.51. The van der Waals surface area contributed by atoms with Gasteiger partial charge in [0.15, 0.2) is 0 Å². The van der Waals surface area contributed by atoms with Crippen LogP contribution in [0.2, 0.25) is 0 Å². The molecule has 1 aromatic carbocycles. The minimum Gasteiger partial charge on any atom is -0.352 e. The van der Waals surface area contributed by atoms with Crippen LogP contribution in [0.4, 0.5) is 0 Å². The summed E-state index contributed by atoms with van der Waals surface area (Å²) >= 11 is 0. The topological polar surface area (TPSA) is 101 Å². The van der Waals surface area contributed by atoms with Crippen LogP contribution in [-0.2, 0) is 16.6 Å². The van der Waals surface area contributed by atoms with Crippen LogP contribution < -0.4 is 10.0 Å². The molecule has 140 valence electrons. The number of aromatic nitrogens is 2. The zero-order valence-electron chi connectivity index (χ0n) is 15.2. The third-order valence-electron chi connectivity index (χ3n) is 3.67. The second-order valence-electron chi connectivity index (χ2n) is 6.03. The Labute approximate surface area is 154 Å². The highest BCUT2D eigenvalue weighted by Gasteiger charge is 2.17. The van der Waals surface area contributed by atoms with Crippen LogP contribution in [0, 0.1) is 13.8 Å². The molecule has 0 atom stereocenters. The van der Waals surface area contributed by atoms with Gasteiger partial charge in [0, 0.05) is 23.5 Å². The molecule has 0 saturated heterocycles. The van der Waals surface area contributed by atoms with Crippen molar-refractivity contribution in [2.45, 2.75) is 45.1 Å². The van der Waals surface area contributed by atoms with Gasteiger partial charge in [-0.2, -0.15) is 0 Å². The number of nitrogens with one attached hydrogen (secondary N) is 2. The molecule has 0 saturated carbocycles. The Morgan fingerprint density at radius 2 is 1.81 bits per heavy atom. The van der Waals surface area contributed by atoms with E-state index in [-0.39, 0.29) is 17.3 Å². The number of aryl methyl sites for hydroxylation is 2. The van der Waals surface area contributed by atoms with E-state index in [0.29, 0.717) is 17.9 Å². The monoisotopic (exact) mass is 376 g/mol. The molecule has 2 aromatic rings. The van der Waals surface area contributed by atoms with E-state index >= 15 is 0 Å². The lowest BCUT2D eigenvalue weighted by Gasteiger charge is -2.09. The largest absolute Gasteiger partial charge is 0.352 e. The van der Waals surface area contributed by atoms with Gasteiger partial charge in [0.05, 0.1) is 11.4 Å². The molecule has 0 radical (unpaired) electrons. The van der Waals surface area contributed by atoms with Crippen LogP contribution in [-0.4, -0.2) is 30.8 Å². The zero-order valence-corrected chi connectivity index (χ0v) is 16.1. The van der Waals surface area contributed by atoms with Gasteiger partial charge in [-0.3, -0.25) is 4.79 Å². The fourth-order valence-corrected chi connectivity index (χ4v) is 3.43. The van der Waals surface area contributed by atoms with Crippen LogP contribution in [0.1, 0.15) is 47.3 Å². The van der Waals surface area contributed by atoms with Gasteiger partial charge in [0.2, 0.25) is 10.0 Å². The molecule has 1 aromatic heterocycles. The summed E-state index contributed by atoms with van der Waals surface area (Å²) in [7, 11) is -3.78. The highest BCUT2D eigenvalue weighted by Crippen LogP contribution is 2.12. The maximum Gasteiger partial charge on any atom is 0.251 e. The number of nitrogens with zero attached hydrogens (tertiary/aromatic N) is 2. The Balaban J connectivity index is 2.10. The first-order valence-corrected chi connectivity index (χ1v) is 9.99. The summed E-state index contributed by atoms with van der Waals surface area (Å²) < 4.78 is 27.5. The predicted octanol–water partition coefficient (Wildman–Crippen LogP) is 2.10.